The number of hydrogen-bond donors (Lipinski definition) is 2. The number of benzene rings is 2. The number of anilines is 4. The van der Waals surface area contributed by atoms with E-state index in [1.165, 1.54) is 16.7 Å². The van der Waals surface area contributed by atoms with Gasteiger partial charge in [-0.05, 0) is 54.9 Å². The molecule has 0 amide bonds. The molecule has 0 aliphatic carbocycles. The van der Waals surface area contributed by atoms with Gasteiger partial charge < -0.3 is 24.8 Å². The number of halogens is 1. The third-order valence-electron chi connectivity index (χ3n) is 7.49. The van der Waals surface area contributed by atoms with E-state index in [-0.39, 0.29) is 5.97 Å². The first-order chi connectivity index (χ1) is 18.0. The Morgan fingerprint density at radius 3 is 2.86 bits per heavy atom. The molecule has 8 nitrogen and oxygen atoms in total. The molecule has 37 heavy (non-hydrogen) atoms. The van der Waals surface area contributed by atoms with Crippen molar-refractivity contribution in [1.82, 2.24) is 19.9 Å². The lowest BCUT2D eigenvalue weighted by Gasteiger charge is -2.37. The van der Waals surface area contributed by atoms with Crippen molar-refractivity contribution < 1.29 is 9.53 Å². The van der Waals surface area contributed by atoms with Crippen LogP contribution in [0.2, 0.25) is 5.02 Å². The maximum atomic E-state index is 11.8. The average Bonchev–Trinajstić information content (AvgIpc) is 3.52. The Balaban J connectivity index is 1.25. The summed E-state index contributed by atoms with van der Waals surface area (Å²) in [7, 11) is 2.14. The molecular formula is C28H25ClN6O2. The van der Waals surface area contributed by atoms with E-state index in [1.807, 2.05) is 41.4 Å². The summed E-state index contributed by atoms with van der Waals surface area (Å²) in [6.45, 7) is 2.39. The van der Waals surface area contributed by atoms with Gasteiger partial charge in [0.05, 0.1) is 19.2 Å². The number of aromatic nitrogens is 3. The Labute approximate surface area is 219 Å². The standard InChI is InChI=1S/C28H25ClN6O2/c1-34-10-8-19-17(15-34)11-18(12-20(19)23-6-4-9-30-23)32-27-31-14-22(29)26(33-27)35-16-28(13-25(36)37-28)21-5-2-3-7-24(21)35/h2-7,9,11-12,14,30H,8,10,13,15-16H2,1H3,(H,31,32,33). The summed E-state index contributed by atoms with van der Waals surface area (Å²) in [6.07, 6.45) is 4.91. The minimum atomic E-state index is -0.648. The zero-order chi connectivity index (χ0) is 25.1. The number of hydrogen-bond acceptors (Lipinski definition) is 7. The minimum Gasteiger partial charge on any atom is -0.451 e. The molecule has 2 aromatic carbocycles. The van der Waals surface area contributed by atoms with Gasteiger partial charge in [-0.15, -0.1) is 0 Å². The van der Waals surface area contributed by atoms with Gasteiger partial charge in [0.15, 0.2) is 11.4 Å². The predicted molar refractivity (Wildman–Crippen MR) is 142 cm³/mol. The van der Waals surface area contributed by atoms with Crippen molar-refractivity contribution in [3.05, 3.63) is 82.6 Å². The lowest BCUT2D eigenvalue weighted by molar-refractivity contribution is -0.190. The third-order valence-corrected chi connectivity index (χ3v) is 7.76. The van der Waals surface area contributed by atoms with E-state index in [2.05, 4.69) is 45.4 Å². The van der Waals surface area contributed by atoms with Gasteiger partial charge in [-0.25, -0.2) is 4.98 Å². The summed E-state index contributed by atoms with van der Waals surface area (Å²) in [4.78, 5) is 28.8. The van der Waals surface area contributed by atoms with Crippen molar-refractivity contribution in [2.45, 2.75) is 25.0 Å². The predicted octanol–water partition coefficient (Wildman–Crippen LogP) is 5.15. The van der Waals surface area contributed by atoms with Crippen molar-refractivity contribution in [2.75, 3.05) is 30.4 Å². The number of carbonyl (C=O) groups excluding carboxylic acids is 1. The van der Waals surface area contributed by atoms with E-state index < -0.39 is 5.60 Å². The smallest absolute Gasteiger partial charge is 0.311 e. The molecule has 4 aromatic rings. The highest BCUT2D eigenvalue weighted by Crippen LogP contribution is 2.51. The molecule has 3 aliphatic heterocycles. The largest absolute Gasteiger partial charge is 0.451 e. The molecule has 0 bridgehead atoms. The SMILES string of the molecule is CN1CCc2c(cc(Nc3ncc(Cl)c(N4CC5(CC(=O)O5)c5ccccc54)n3)cc2-c2ccc[nH]2)C1. The highest BCUT2D eigenvalue weighted by atomic mass is 35.5. The Morgan fingerprint density at radius 2 is 2.05 bits per heavy atom. The van der Waals surface area contributed by atoms with Crippen LogP contribution in [0.4, 0.5) is 23.1 Å². The molecule has 5 heterocycles. The fourth-order valence-electron chi connectivity index (χ4n) is 5.78. The van der Waals surface area contributed by atoms with Crippen molar-refractivity contribution in [3.8, 4) is 11.3 Å². The zero-order valence-electron chi connectivity index (χ0n) is 20.3. The average molecular weight is 513 g/mol. The number of esters is 1. The first-order valence-corrected chi connectivity index (χ1v) is 12.7. The summed E-state index contributed by atoms with van der Waals surface area (Å²) < 4.78 is 5.65. The summed E-state index contributed by atoms with van der Waals surface area (Å²) >= 11 is 6.62. The quantitative estimate of drug-likeness (QED) is 0.366. The lowest BCUT2D eigenvalue weighted by atomic mass is 9.88. The van der Waals surface area contributed by atoms with Crippen molar-refractivity contribution in [1.29, 1.82) is 0 Å². The fourth-order valence-corrected chi connectivity index (χ4v) is 5.97. The summed E-state index contributed by atoms with van der Waals surface area (Å²) in [6, 6.07) is 16.4. The number of likely N-dealkylation sites (N-methyl/N-ethyl adjacent to an activating group) is 1. The van der Waals surface area contributed by atoms with Crippen molar-refractivity contribution >= 4 is 40.7 Å². The highest BCUT2D eigenvalue weighted by molar-refractivity contribution is 6.33. The number of aromatic amines is 1. The van der Waals surface area contributed by atoms with Crippen LogP contribution in [-0.4, -0.2) is 46.0 Å². The van der Waals surface area contributed by atoms with E-state index in [1.54, 1.807) is 6.20 Å². The molecule has 2 aromatic heterocycles. The number of fused-ring (bicyclic) bond motifs is 3. The van der Waals surface area contributed by atoms with Gasteiger partial charge in [-0.2, -0.15) is 4.98 Å². The van der Waals surface area contributed by atoms with E-state index >= 15 is 0 Å². The van der Waals surface area contributed by atoms with Gasteiger partial charge >= 0.3 is 5.97 Å². The summed E-state index contributed by atoms with van der Waals surface area (Å²) in [5.41, 5.74) is 7.13. The molecule has 1 unspecified atom stereocenters. The van der Waals surface area contributed by atoms with Crippen LogP contribution in [0.3, 0.4) is 0 Å². The van der Waals surface area contributed by atoms with Gasteiger partial charge in [0, 0.05) is 47.5 Å². The molecule has 9 heteroatoms. The van der Waals surface area contributed by atoms with Crippen LogP contribution < -0.4 is 10.2 Å². The molecule has 2 N–H and O–H groups in total. The number of H-pyrrole nitrogens is 1. The van der Waals surface area contributed by atoms with Crippen molar-refractivity contribution in [2.24, 2.45) is 0 Å². The second-order valence-corrected chi connectivity index (χ2v) is 10.4. The van der Waals surface area contributed by atoms with Gasteiger partial charge in [-0.1, -0.05) is 29.8 Å². The Kier molecular flexibility index (Phi) is 5.02. The highest BCUT2D eigenvalue weighted by Gasteiger charge is 2.55. The van der Waals surface area contributed by atoms with Gasteiger partial charge in [-0.3, -0.25) is 4.79 Å². The minimum absolute atomic E-state index is 0.191. The van der Waals surface area contributed by atoms with Crippen LogP contribution in [-0.2, 0) is 28.1 Å². The van der Waals surface area contributed by atoms with E-state index in [0.717, 1.165) is 42.1 Å². The molecule has 0 radical (unpaired) electrons. The summed E-state index contributed by atoms with van der Waals surface area (Å²) in [5, 5.41) is 3.85. The van der Waals surface area contributed by atoms with Crippen LogP contribution >= 0.6 is 11.6 Å². The molecule has 1 spiro atoms. The van der Waals surface area contributed by atoms with Crippen LogP contribution in [0.15, 0.2) is 60.9 Å². The Bertz CT molecular complexity index is 1530. The van der Waals surface area contributed by atoms with E-state index in [0.29, 0.717) is 29.8 Å². The number of para-hydroxylation sites is 1. The number of ether oxygens (including phenoxy) is 1. The monoisotopic (exact) mass is 512 g/mol. The maximum absolute atomic E-state index is 11.8. The van der Waals surface area contributed by atoms with Crippen LogP contribution in [0.25, 0.3) is 11.3 Å². The molecule has 1 atom stereocenters. The Morgan fingerprint density at radius 1 is 1.19 bits per heavy atom. The molecule has 7 rings (SSSR count). The van der Waals surface area contributed by atoms with Crippen LogP contribution in [0, 0.1) is 0 Å². The first-order valence-electron chi connectivity index (χ1n) is 12.4. The van der Waals surface area contributed by atoms with Crippen LogP contribution in [0.5, 0.6) is 0 Å². The Hall–Kier alpha value is -3.88. The normalized spacial score (nSPS) is 20.4. The molecule has 1 saturated heterocycles. The third kappa shape index (κ3) is 3.67. The molecule has 0 saturated carbocycles. The van der Waals surface area contributed by atoms with E-state index in [9.17, 15) is 4.79 Å². The number of nitrogens with zero attached hydrogens (tertiary/aromatic N) is 4. The second-order valence-electron chi connectivity index (χ2n) is 9.97. The van der Waals surface area contributed by atoms with Gasteiger partial charge in [0.25, 0.3) is 0 Å². The van der Waals surface area contributed by atoms with Gasteiger partial charge in [0.2, 0.25) is 5.95 Å². The van der Waals surface area contributed by atoms with Gasteiger partial charge in [0.1, 0.15) is 5.02 Å². The first kappa shape index (κ1) is 22.3. The molecule has 1 fully saturated rings. The second kappa shape index (κ2) is 8.33. The molecule has 3 aliphatic rings. The maximum Gasteiger partial charge on any atom is 0.311 e. The number of nitrogens with one attached hydrogen (secondary N) is 2. The number of rotatable bonds is 4. The zero-order valence-corrected chi connectivity index (χ0v) is 21.0. The van der Waals surface area contributed by atoms with Crippen molar-refractivity contribution in [3.63, 3.8) is 0 Å². The topological polar surface area (TPSA) is 86.4 Å². The van der Waals surface area contributed by atoms with Crippen LogP contribution in [0.1, 0.15) is 23.1 Å². The summed E-state index contributed by atoms with van der Waals surface area (Å²) in [5.74, 6) is 0.836. The fraction of sp³-hybridized carbons (Fsp3) is 0.250. The van der Waals surface area contributed by atoms with E-state index in [4.69, 9.17) is 21.3 Å². The lowest BCUT2D eigenvalue weighted by Crippen LogP contribution is -2.47. The number of carbonyl (C=O) groups is 1. The molecule has 186 valence electrons. The molecular weight excluding hydrogens is 488 g/mol.